The molecule has 1 aromatic rings. The highest BCUT2D eigenvalue weighted by Crippen LogP contribution is 2.38. The fourth-order valence-corrected chi connectivity index (χ4v) is 2.90. The largest absolute Gasteiger partial charge is 0.353 e. The third kappa shape index (κ3) is 2.64. The van der Waals surface area contributed by atoms with E-state index in [1.165, 1.54) is 19.3 Å². The molecule has 1 saturated carbocycles. The number of aromatic nitrogens is 2. The molecule has 0 bridgehead atoms. The number of hydrogen-bond donors (Lipinski definition) is 1. The van der Waals surface area contributed by atoms with Gasteiger partial charge >= 0.3 is 0 Å². The van der Waals surface area contributed by atoms with Crippen LogP contribution in [0, 0.1) is 11.8 Å². The van der Waals surface area contributed by atoms with E-state index in [0.717, 1.165) is 17.8 Å². The Morgan fingerprint density at radius 1 is 1.35 bits per heavy atom. The summed E-state index contributed by atoms with van der Waals surface area (Å²) in [6.07, 6.45) is 8.05. The molecule has 3 atom stereocenters. The van der Waals surface area contributed by atoms with Gasteiger partial charge in [-0.15, -0.1) is 0 Å². The molecule has 1 aromatic heterocycles. The maximum atomic E-state index is 4.44. The van der Waals surface area contributed by atoms with E-state index in [0.29, 0.717) is 12.1 Å². The molecule has 0 spiro atoms. The zero-order valence-electron chi connectivity index (χ0n) is 11.5. The molecule has 3 heteroatoms. The Hall–Kier alpha value is -0.990. The predicted molar refractivity (Wildman–Crippen MR) is 72.2 cm³/mol. The number of anilines is 1. The molecule has 0 aromatic carbocycles. The predicted octanol–water partition coefficient (Wildman–Crippen LogP) is 3.70. The second kappa shape index (κ2) is 5.11. The number of hydrogen-bond acceptors (Lipinski definition) is 2. The van der Waals surface area contributed by atoms with Crippen molar-refractivity contribution in [1.82, 2.24) is 9.55 Å². The summed E-state index contributed by atoms with van der Waals surface area (Å²) in [5.41, 5.74) is 0. The lowest BCUT2D eigenvalue weighted by Gasteiger charge is -2.35. The highest BCUT2D eigenvalue weighted by atomic mass is 15.2. The van der Waals surface area contributed by atoms with Crippen LogP contribution in [0.3, 0.4) is 0 Å². The SMILES string of the molecule is CC(C)Nc1nccn1C1CCCC(C)C1C. The van der Waals surface area contributed by atoms with E-state index in [4.69, 9.17) is 0 Å². The number of imidazole rings is 1. The average molecular weight is 235 g/mol. The van der Waals surface area contributed by atoms with Crippen molar-refractivity contribution in [3.8, 4) is 0 Å². The van der Waals surface area contributed by atoms with Gasteiger partial charge in [-0.1, -0.05) is 26.7 Å². The third-order valence-corrected chi connectivity index (χ3v) is 4.11. The molecular weight excluding hydrogens is 210 g/mol. The van der Waals surface area contributed by atoms with Crippen LogP contribution in [-0.2, 0) is 0 Å². The smallest absolute Gasteiger partial charge is 0.203 e. The van der Waals surface area contributed by atoms with Gasteiger partial charge in [0.15, 0.2) is 0 Å². The molecule has 0 aliphatic heterocycles. The van der Waals surface area contributed by atoms with Crippen molar-refractivity contribution in [3.05, 3.63) is 12.4 Å². The summed E-state index contributed by atoms with van der Waals surface area (Å²) in [6.45, 7) is 9.08. The van der Waals surface area contributed by atoms with Crippen molar-refractivity contribution in [1.29, 1.82) is 0 Å². The minimum absolute atomic E-state index is 0.437. The topological polar surface area (TPSA) is 29.9 Å². The molecule has 2 rings (SSSR count). The summed E-state index contributed by atoms with van der Waals surface area (Å²) in [7, 11) is 0. The van der Waals surface area contributed by atoms with Gasteiger partial charge in [0.1, 0.15) is 0 Å². The molecule has 96 valence electrons. The fourth-order valence-electron chi connectivity index (χ4n) is 2.90. The van der Waals surface area contributed by atoms with Crippen molar-refractivity contribution < 1.29 is 0 Å². The van der Waals surface area contributed by atoms with Gasteiger partial charge in [-0.2, -0.15) is 0 Å². The van der Waals surface area contributed by atoms with Crippen LogP contribution in [0.5, 0.6) is 0 Å². The van der Waals surface area contributed by atoms with Crippen LogP contribution in [0.1, 0.15) is 53.0 Å². The van der Waals surface area contributed by atoms with E-state index in [1.807, 2.05) is 6.20 Å². The summed E-state index contributed by atoms with van der Waals surface area (Å²) in [4.78, 5) is 4.44. The summed E-state index contributed by atoms with van der Waals surface area (Å²) in [6, 6.07) is 1.05. The molecule has 1 aliphatic carbocycles. The van der Waals surface area contributed by atoms with E-state index in [9.17, 15) is 0 Å². The van der Waals surface area contributed by atoms with Crippen molar-refractivity contribution in [3.63, 3.8) is 0 Å². The Bertz CT molecular complexity index is 356. The molecule has 1 N–H and O–H groups in total. The Kier molecular flexibility index (Phi) is 3.75. The van der Waals surface area contributed by atoms with E-state index in [1.54, 1.807) is 0 Å². The molecule has 1 aliphatic rings. The second-order valence-corrected chi connectivity index (χ2v) is 5.79. The standard InChI is InChI=1S/C14H25N3/c1-10(2)16-14-15-8-9-17(14)13-7-5-6-11(3)12(13)4/h8-13H,5-7H2,1-4H3,(H,15,16). The number of nitrogens with one attached hydrogen (secondary N) is 1. The highest BCUT2D eigenvalue weighted by molar-refractivity contribution is 5.28. The minimum atomic E-state index is 0.437. The minimum Gasteiger partial charge on any atom is -0.353 e. The molecular formula is C14H25N3. The lowest BCUT2D eigenvalue weighted by Crippen LogP contribution is -2.28. The summed E-state index contributed by atoms with van der Waals surface area (Å²) in [5.74, 6) is 2.60. The number of nitrogens with zero attached hydrogens (tertiary/aromatic N) is 2. The van der Waals surface area contributed by atoms with Crippen LogP contribution in [0.15, 0.2) is 12.4 Å². The lowest BCUT2D eigenvalue weighted by atomic mass is 9.78. The van der Waals surface area contributed by atoms with Crippen LogP contribution in [-0.4, -0.2) is 15.6 Å². The van der Waals surface area contributed by atoms with E-state index >= 15 is 0 Å². The van der Waals surface area contributed by atoms with E-state index in [2.05, 4.69) is 48.8 Å². The van der Waals surface area contributed by atoms with Crippen molar-refractivity contribution in [2.45, 2.75) is 59.0 Å². The maximum Gasteiger partial charge on any atom is 0.203 e. The summed E-state index contributed by atoms with van der Waals surface area (Å²) in [5, 5.41) is 3.44. The van der Waals surface area contributed by atoms with Crippen LogP contribution < -0.4 is 5.32 Å². The molecule has 0 radical (unpaired) electrons. The zero-order valence-corrected chi connectivity index (χ0v) is 11.5. The summed E-state index contributed by atoms with van der Waals surface area (Å²) >= 11 is 0. The van der Waals surface area contributed by atoms with Gasteiger partial charge in [-0.3, -0.25) is 0 Å². The van der Waals surface area contributed by atoms with Gasteiger partial charge in [-0.25, -0.2) is 4.98 Å². The van der Waals surface area contributed by atoms with Crippen molar-refractivity contribution >= 4 is 5.95 Å². The summed E-state index contributed by atoms with van der Waals surface area (Å²) < 4.78 is 2.35. The molecule has 1 heterocycles. The highest BCUT2D eigenvalue weighted by Gasteiger charge is 2.29. The van der Waals surface area contributed by atoms with Crippen molar-refractivity contribution in [2.24, 2.45) is 11.8 Å². The molecule has 1 fully saturated rings. The van der Waals surface area contributed by atoms with Crippen molar-refractivity contribution in [2.75, 3.05) is 5.32 Å². The van der Waals surface area contributed by atoms with Gasteiger partial charge < -0.3 is 9.88 Å². The van der Waals surface area contributed by atoms with Gasteiger partial charge in [-0.05, 0) is 32.1 Å². The Morgan fingerprint density at radius 3 is 2.82 bits per heavy atom. The Morgan fingerprint density at radius 2 is 2.12 bits per heavy atom. The van der Waals surface area contributed by atoms with Crippen LogP contribution in [0.2, 0.25) is 0 Å². The third-order valence-electron chi connectivity index (χ3n) is 4.11. The first kappa shape index (κ1) is 12.5. The maximum absolute atomic E-state index is 4.44. The molecule has 3 unspecified atom stereocenters. The molecule has 0 saturated heterocycles. The normalized spacial score (nSPS) is 29.6. The first-order chi connectivity index (χ1) is 8.09. The first-order valence-electron chi connectivity index (χ1n) is 6.89. The van der Waals surface area contributed by atoms with Crippen LogP contribution in [0.25, 0.3) is 0 Å². The lowest BCUT2D eigenvalue weighted by molar-refractivity contribution is 0.187. The Labute approximate surface area is 105 Å². The van der Waals surface area contributed by atoms with E-state index in [-0.39, 0.29) is 0 Å². The molecule has 17 heavy (non-hydrogen) atoms. The van der Waals surface area contributed by atoms with Gasteiger partial charge in [0.2, 0.25) is 5.95 Å². The molecule has 3 nitrogen and oxygen atoms in total. The second-order valence-electron chi connectivity index (χ2n) is 5.79. The zero-order chi connectivity index (χ0) is 12.4. The molecule has 0 amide bonds. The average Bonchev–Trinajstić information content (AvgIpc) is 2.69. The van der Waals surface area contributed by atoms with Crippen LogP contribution >= 0.6 is 0 Å². The van der Waals surface area contributed by atoms with Gasteiger partial charge in [0.25, 0.3) is 0 Å². The van der Waals surface area contributed by atoms with Crippen LogP contribution in [0.4, 0.5) is 5.95 Å². The monoisotopic (exact) mass is 235 g/mol. The Balaban J connectivity index is 2.18. The van der Waals surface area contributed by atoms with E-state index < -0.39 is 0 Å². The first-order valence-corrected chi connectivity index (χ1v) is 6.89. The quantitative estimate of drug-likeness (QED) is 0.865. The van der Waals surface area contributed by atoms with Gasteiger partial charge in [0, 0.05) is 24.5 Å². The van der Waals surface area contributed by atoms with Gasteiger partial charge in [0.05, 0.1) is 0 Å². The number of rotatable bonds is 3. The fraction of sp³-hybridized carbons (Fsp3) is 0.786.